The topological polar surface area (TPSA) is 54.0 Å². The van der Waals surface area contributed by atoms with Gasteiger partial charge in [0.25, 0.3) is 0 Å². The third-order valence-corrected chi connectivity index (χ3v) is 4.10. The lowest BCUT2D eigenvalue weighted by Gasteiger charge is -2.24. The first kappa shape index (κ1) is 15.1. The predicted octanol–water partition coefficient (Wildman–Crippen LogP) is 2.11. The number of rotatable bonds is 5. The summed E-state index contributed by atoms with van der Waals surface area (Å²) in [6.45, 7) is 12.4. The molecule has 0 aromatic carbocycles. The maximum Gasteiger partial charge on any atom is 0.234 e. The Labute approximate surface area is 113 Å². The monoisotopic (exact) mass is 269 g/mol. The first-order chi connectivity index (χ1) is 8.22. The summed E-state index contributed by atoms with van der Waals surface area (Å²) in [7, 11) is 0. The first-order valence-corrected chi connectivity index (χ1v) is 7.03. The van der Waals surface area contributed by atoms with Crippen molar-refractivity contribution in [2.75, 3.05) is 6.54 Å². The SMILES string of the molecule is Cc1nc(C(C)(C)NCC(=O)NC(C)C)sc1C. The summed E-state index contributed by atoms with van der Waals surface area (Å²) >= 11 is 1.68. The normalized spacial score (nSPS) is 11.9. The van der Waals surface area contributed by atoms with Crippen molar-refractivity contribution in [1.82, 2.24) is 15.6 Å². The predicted molar refractivity (Wildman–Crippen MR) is 75.9 cm³/mol. The molecule has 0 radical (unpaired) electrons. The quantitative estimate of drug-likeness (QED) is 0.861. The minimum Gasteiger partial charge on any atom is -0.353 e. The van der Waals surface area contributed by atoms with Crippen molar-refractivity contribution in [1.29, 1.82) is 0 Å². The largest absolute Gasteiger partial charge is 0.353 e. The molecule has 1 amide bonds. The van der Waals surface area contributed by atoms with E-state index in [1.54, 1.807) is 11.3 Å². The van der Waals surface area contributed by atoms with Crippen molar-refractivity contribution >= 4 is 17.2 Å². The van der Waals surface area contributed by atoms with Crippen molar-refractivity contribution in [2.45, 2.75) is 53.1 Å². The maximum absolute atomic E-state index is 11.6. The second-order valence-electron chi connectivity index (χ2n) is 5.36. The number of nitrogens with zero attached hydrogens (tertiary/aromatic N) is 1. The zero-order chi connectivity index (χ0) is 13.9. The van der Waals surface area contributed by atoms with E-state index < -0.39 is 0 Å². The Bertz CT molecular complexity index is 404. The lowest BCUT2D eigenvalue weighted by molar-refractivity contribution is -0.121. The van der Waals surface area contributed by atoms with Gasteiger partial charge in [0.2, 0.25) is 5.91 Å². The van der Waals surface area contributed by atoms with Gasteiger partial charge in [0.1, 0.15) is 5.01 Å². The third kappa shape index (κ3) is 4.07. The van der Waals surface area contributed by atoms with Gasteiger partial charge in [0.05, 0.1) is 17.8 Å². The van der Waals surface area contributed by atoms with Crippen LogP contribution >= 0.6 is 11.3 Å². The van der Waals surface area contributed by atoms with Gasteiger partial charge in [-0.3, -0.25) is 10.1 Å². The van der Waals surface area contributed by atoms with E-state index >= 15 is 0 Å². The van der Waals surface area contributed by atoms with Crippen LogP contribution in [-0.4, -0.2) is 23.5 Å². The molecule has 0 spiro atoms. The Morgan fingerprint density at radius 1 is 1.39 bits per heavy atom. The van der Waals surface area contributed by atoms with Crippen molar-refractivity contribution in [3.05, 3.63) is 15.6 Å². The van der Waals surface area contributed by atoms with Crippen LogP contribution in [-0.2, 0) is 10.3 Å². The number of thiazole rings is 1. The van der Waals surface area contributed by atoms with Crippen LogP contribution in [0, 0.1) is 13.8 Å². The van der Waals surface area contributed by atoms with Crippen LogP contribution in [0.4, 0.5) is 0 Å². The molecule has 1 aromatic heterocycles. The van der Waals surface area contributed by atoms with Gasteiger partial charge in [0.15, 0.2) is 0 Å². The molecule has 0 aliphatic rings. The number of aryl methyl sites for hydroxylation is 2. The highest BCUT2D eigenvalue weighted by atomic mass is 32.1. The van der Waals surface area contributed by atoms with Crippen LogP contribution in [0.25, 0.3) is 0 Å². The van der Waals surface area contributed by atoms with Crippen LogP contribution in [0.15, 0.2) is 0 Å². The number of hydrogen-bond donors (Lipinski definition) is 2. The maximum atomic E-state index is 11.6. The van der Waals surface area contributed by atoms with Gasteiger partial charge in [-0.15, -0.1) is 11.3 Å². The number of carbonyl (C=O) groups is 1. The summed E-state index contributed by atoms with van der Waals surface area (Å²) in [4.78, 5) is 17.4. The van der Waals surface area contributed by atoms with Crippen molar-refractivity contribution in [2.24, 2.45) is 0 Å². The van der Waals surface area contributed by atoms with Gasteiger partial charge in [-0.2, -0.15) is 0 Å². The average molecular weight is 269 g/mol. The Morgan fingerprint density at radius 2 is 2.00 bits per heavy atom. The molecule has 1 rings (SSSR count). The van der Waals surface area contributed by atoms with Gasteiger partial charge in [0, 0.05) is 10.9 Å². The molecule has 2 N–H and O–H groups in total. The Kier molecular flexibility index (Phi) is 4.87. The second-order valence-corrected chi connectivity index (χ2v) is 6.56. The second kappa shape index (κ2) is 5.80. The standard InChI is InChI=1S/C13H23N3OS/c1-8(2)15-11(17)7-14-13(5,6)12-16-9(3)10(4)18-12/h8,14H,7H2,1-6H3,(H,15,17). The summed E-state index contributed by atoms with van der Waals surface area (Å²) in [5, 5.41) is 7.14. The van der Waals surface area contributed by atoms with E-state index in [1.165, 1.54) is 4.88 Å². The minimum atomic E-state index is -0.280. The van der Waals surface area contributed by atoms with E-state index in [9.17, 15) is 4.79 Å². The molecule has 0 fully saturated rings. The van der Waals surface area contributed by atoms with Gasteiger partial charge in [-0.1, -0.05) is 0 Å². The molecule has 0 aliphatic heterocycles. The smallest absolute Gasteiger partial charge is 0.234 e. The molecule has 0 saturated carbocycles. The minimum absolute atomic E-state index is 0.0167. The lowest BCUT2D eigenvalue weighted by atomic mass is 10.1. The first-order valence-electron chi connectivity index (χ1n) is 6.21. The molecule has 102 valence electrons. The Hall–Kier alpha value is -0.940. The summed E-state index contributed by atoms with van der Waals surface area (Å²) in [5.74, 6) is 0.0167. The molecule has 18 heavy (non-hydrogen) atoms. The molecule has 0 saturated heterocycles. The van der Waals surface area contributed by atoms with Gasteiger partial charge < -0.3 is 5.32 Å². The average Bonchev–Trinajstić information content (AvgIpc) is 2.56. The summed E-state index contributed by atoms with van der Waals surface area (Å²) < 4.78 is 0. The molecule has 0 bridgehead atoms. The molecule has 0 aliphatic carbocycles. The molecule has 1 aromatic rings. The highest BCUT2D eigenvalue weighted by molar-refractivity contribution is 7.11. The van der Waals surface area contributed by atoms with E-state index in [4.69, 9.17) is 0 Å². The Morgan fingerprint density at radius 3 is 2.44 bits per heavy atom. The van der Waals surface area contributed by atoms with Gasteiger partial charge in [-0.05, 0) is 41.5 Å². The van der Waals surface area contributed by atoms with E-state index in [2.05, 4.69) is 22.5 Å². The number of carbonyl (C=O) groups excluding carboxylic acids is 1. The van der Waals surface area contributed by atoms with Crippen LogP contribution in [0.5, 0.6) is 0 Å². The number of hydrogen-bond acceptors (Lipinski definition) is 4. The molecule has 5 heteroatoms. The fraction of sp³-hybridized carbons (Fsp3) is 0.692. The highest BCUT2D eigenvalue weighted by Gasteiger charge is 2.25. The number of aromatic nitrogens is 1. The fourth-order valence-electron chi connectivity index (χ4n) is 1.49. The van der Waals surface area contributed by atoms with E-state index in [-0.39, 0.29) is 17.5 Å². The summed E-state index contributed by atoms with van der Waals surface area (Å²) in [6.07, 6.45) is 0. The van der Waals surface area contributed by atoms with Gasteiger partial charge >= 0.3 is 0 Å². The molecule has 1 heterocycles. The number of nitrogens with one attached hydrogen (secondary N) is 2. The van der Waals surface area contributed by atoms with E-state index in [0.29, 0.717) is 6.54 Å². The van der Waals surface area contributed by atoms with Crippen molar-refractivity contribution in [3.8, 4) is 0 Å². The molecule has 0 atom stereocenters. The van der Waals surface area contributed by atoms with Crippen LogP contribution in [0.3, 0.4) is 0 Å². The van der Waals surface area contributed by atoms with Crippen molar-refractivity contribution in [3.63, 3.8) is 0 Å². The molecule has 4 nitrogen and oxygen atoms in total. The van der Waals surface area contributed by atoms with E-state index in [0.717, 1.165) is 10.7 Å². The third-order valence-electron chi connectivity index (χ3n) is 2.70. The zero-order valence-corrected chi connectivity index (χ0v) is 12.9. The summed E-state index contributed by atoms with van der Waals surface area (Å²) in [6, 6.07) is 0.173. The Balaban J connectivity index is 2.62. The van der Waals surface area contributed by atoms with Crippen LogP contribution in [0.2, 0.25) is 0 Å². The molecular weight excluding hydrogens is 246 g/mol. The van der Waals surface area contributed by atoms with E-state index in [1.807, 2.05) is 34.6 Å². The zero-order valence-electron chi connectivity index (χ0n) is 12.0. The van der Waals surface area contributed by atoms with Crippen molar-refractivity contribution < 1.29 is 4.79 Å². The number of amides is 1. The molecule has 0 unspecified atom stereocenters. The fourth-order valence-corrected chi connectivity index (χ4v) is 2.48. The summed E-state index contributed by atoms with van der Waals surface area (Å²) in [5.41, 5.74) is 0.786. The lowest BCUT2D eigenvalue weighted by Crippen LogP contribution is -2.44. The van der Waals surface area contributed by atoms with Gasteiger partial charge in [-0.25, -0.2) is 4.98 Å². The van der Waals surface area contributed by atoms with Crippen LogP contribution < -0.4 is 10.6 Å². The molecular formula is C13H23N3OS. The van der Waals surface area contributed by atoms with Crippen LogP contribution in [0.1, 0.15) is 43.3 Å². The highest BCUT2D eigenvalue weighted by Crippen LogP contribution is 2.26.